The van der Waals surface area contributed by atoms with E-state index in [1.807, 2.05) is 37.3 Å². The molecule has 1 aromatic heterocycles. The summed E-state index contributed by atoms with van der Waals surface area (Å²) in [6.07, 6.45) is 1.47. The van der Waals surface area contributed by atoms with Gasteiger partial charge in [0.15, 0.2) is 0 Å². The SMILES string of the molecule is Cc1c(CNC(=O)NCC2(c3cccc(F)c3)CCOCC2)oc2ccccc12. The first kappa shape index (κ1) is 19.5. The molecule has 4 rings (SSSR count). The van der Waals surface area contributed by atoms with Gasteiger partial charge in [-0.3, -0.25) is 0 Å². The lowest BCUT2D eigenvalue weighted by Gasteiger charge is -2.38. The molecular formula is C23H25FN2O3. The molecule has 0 unspecified atom stereocenters. The maximum absolute atomic E-state index is 13.8. The molecule has 0 saturated carbocycles. The molecule has 1 aliphatic rings. The number of furan rings is 1. The van der Waals surface area contributed by atoms with E-state index in [9.17, 15) is 9.18 Å². The van der Waals surface area contributed by atoms with E-state index in [1.54, 1.807) is 12.1 Å². The second-order valence-electron chi connectivity index (χ2n) is 7.59. The number of rotatable bonds is 5. The number of aryl methyl sites for hydroxylation is 1. The molecule has 2 amide bonds. The zero-order valence-electron chi connectivity index (χ0n) is 16.5. The van der Waals surface area contributed by atoms with Crippen LogP contribution in [0.15, 0.2) is 52.9 Å². The van der Waals surface area contributed by atoms with Crippen LogP contribution < -0.4 is 10.6 Å². The number of hydrogen-bond donors (Lipinski definition) is 2. The molecule has 29 heavy (non-hydrogen) atoms. The van der Waals surface area contributed by atoms with Crippen molar-refractivity contribution in [3.05, 3.63) is 71.2 Å². The van der Waals surface area contributed by atoms with Gasteiger partial charge >= 0.3 is 6.03 Å². The maximum atomic E-state index is 13.8. The normalized spacial score (nSPS) is 15.9. The Labute approximate surface area is 169 Å². The first-order valence-electron chi connectivity index (χ1n) is 9.90. The summed E-state index contributed by atoms with van der Waals surface area (Å²) in [6.45, 7) is 3.91. The van der Waals surface area contributed by atoms with Crippen LogP contribution in [0.25, 0.3) is 11.0 Å². The molecule has 0 atom stereocenters. The number of urea groups is 1. The fourth-order valence-corrected chi connectivity index (χ4v) is 4.01. The predicted molar refractivity (Wildman–Crippen MR) is 109 cm³/mol. The minimum atomic E-state index is -0.326. The van der Waals surface area contributed by atoms with Crippen LogP contribution in [0.3, 0.4) is 0 Å². The third kappa shape index (κ3) is 4.12. The predicted octanol–water partition coefficient (Wildman–Crippen LogP) is 4.43. The first-order valence-corrected chi connectivity index (χ1v) is 9.90. The minimum absolute atomic E-state index is 0.266. The number of hydrogen-bond acceptors (Lipinski definition) is 3. The number of carbonyl (C=O) groups excluding carboxylic acids is 1. The molecule has 2 aromatic carbocycles. The van der Waals surface area contributed by atoms with Gasteiger partial charge in [-0.2, -0.15) is 0 Å². The summed E-state index contributed by atoms with van der Waals surface area (Å²) in [6, 6.07) is 14.2. The summed E-state index contributed by atoms with van der Waals surface area (Å²) in [5, 5.41) is 6.89. The molecule has 6 heteroatoms. The fraction of sp³-hybridized carbons (Fsp3) is 0.348. The number of para-hydroxylation sites is 1. The molecular weight excluding hydrogens is 371 g/mol. The van der Waals surface area contributed by atoms with E-state index >= 15 is 0 Å². The Morgan fingerprint density at radius 3 is 2.66 bits per heavy atom. The third-order valence-electron chi connectivity index (χ3n) is 5.83. The van der Waals surface area contributed by atoms with Gasteiger partial charge in [0.05, 0.1) is 6.54 Å². The van der Waals surface area contributed by atoms with E-state index in [4.69, 9.17) is 9.15 Å². The molecule has 0 bridgehead atoms. The van der Waals surface area contributed by atoms with E-state index in [0.29, 0.717) is 26.3 Å². The highest BCUT2D eigenvalue weighted by atomic mass is 19.1. The molecule has 0 aliphatic carbocycles. The molecule has 1 saturated heterocycles. The van der Waals surface area contributed by atoms with E-state index in [1.165, 1.54) is 6.07 Å². The molecule has 1 fully saturated rings. The van der Waals surface area contributed by atoms with Crippen molar-refractivity contribution in [1.82, 2.24) is 10.6 Å². The van der Waals surface area contributed by atoms with Crippen molar-refractivity contribution in [2.24, 2.45) is 0 Å². The number of nitrogens with one attached hydrogen (secondary N) is 2. The van der Waals surface area contributed by atoms with Gasteiger partial charge in [0.1, 0.15) is 17.2 Å². The van der Waals surface area contributed by atoms with Crippen LogP contribution in [0.1, 0.15) is 29.7 Å². The fourth-order valence-electron chi connectivity index (χ4n) is 4.01. The molecule has 2 heterocycles. The van der Waals surface area contributed by atoms with E-state index in [-0.39, 0.29) is 17.3 Å². The highest BCUT2D eigenvalue weighted by Crippen LogP contribution is 2.34. The summed E-state index contributed by atoms with van der Waals surface area (Å²) in [4.78, 5) is 12.5. The van der Waals surface area contributed by atoms with Crippen LogP contribution in [0, 0.1) is 12.7 Å². The van der Waals surface area contributed by atoms with Gasteiger partial charge in [-0.1, -0.05) is 30.3 Å². The van der Waals surface area contributed by atoms with Crippen molar-refractivity contribution < 1.29 is 18.3 Å². The Kier molecular flexibility index (Phi) is 5.53. The van der Waals surface area contributed by atoms with Crippen molar-refractivity contribution >= 4 is 17.0 Å². The van der Waals surface area contributed by atoms with Crippen LogP contribution in [-0.4, -0.2) is 25.8 Å². The molecule has 2 N–H and O–H groups in total. The van der Waals surface area contributed by atoms with Crippen LogP contribution in [0.2, 0.25) is 0 Å². The lowest BCUT2D eigenvalue weighted by Crippen LogP contribution is -2.47. The quantitative estimate of drug-likeness (QED) is 0.671. The zero-order chi connectivity index (χ0) is 20.3. The molecule has 152 valence electrons. The van der Waals surface area contributed by atoms with Crippen molar-refractivity contribution in [2.75, 3.05) is 19.8 Å². The van der Waals surface area contributed by atoms with Crippen molar-refractivity contribution in [2.45, 2.75) is 31.7 Å². The molecule has 3 aromatic rings. The summed E-state index contributed by atoms with van der Waals surface area (Å²) in [7, 11) is 0. The second-order valence-corrected chi connectivity index (χ2v) is 7.59. The lowest BCUT2D eigenvalue weighted by molar-refractivity contribution is 0.0506. The van der Waals surface area contributed by atoms with Gasteiger partial charge < -0.3 is 19.8 Å². The Balaban J connectivity index is 1.41. The Morgan fingerprint density at radius 2 is 1.90 bits per heavy atom. The van der Waals surface area contributed by atoms with Gasteiger partial charge in [0.2, 0.25) is 0 Å². The number of amides is 2. The van der Waals surface area contributed by atoms with Crippen molar-refractivity contribution in [3.8, 4) is 0 Å². The maximum Gasteiger partial charge on any atom is 0.315 e. The van der Waals surface area contributed by atoms with E-state index in [0.717, 1.165) is 40.7 Å². The molecule has 0 spiro atoms. The first-order chi connectivity index (χ1) is 14.1. The molecule has 5 nitrogen and oxygen atoms in total. The van der Waals surface area contributed by atoms with Crippen LogP contribution >= 0.6 is 0 Å². The average Bonchev–Trinajstić information content (AvgIpc) is 3.07. The summed E-state index contributed by atoms with van der Waals surface area (Å²) < 4.78 is 25.1. The smallest absolute Gasteiger partial charge is 0.315 e. The van der Waals surface area contributed by atoms with Gasteiger partial charge in [-0.25, -0.2) is 9.18 Å². The second kappa shape index (κ2) is 8.25. The summed E-state index contributed by atoms with van der Waals surface area (Å²) in [5.41, 5.74) is 2.41. The Hall–Kier alpha value is -2.86. The molecule has 0 radical (unpaired) electrons. The van der Waals surface area contributed by atoms with E-state index in [2.05, 4.69) is 10.6 Å². The number of benzene rings is 2. The Bertz CT molecular complexity index is 1010. The summed E-state index contributed by atoms with van der Waals surface area (Å²) in [5.74, 6) is 0.477. The highest BCUT2D eigenvalue weighted by molar-refractivity contribution is 5.82. The largest absolute Gasteiger partial charge is 0.459 e. The number of halogens is 1. The van der Waals surface area contributed by atoms with Gasteiger partial charge in [0.25, 0.3) is 0 Å². The van der Waals surface area contributed by atoms with Gasteiger partial charge in [-0.05, 0) is 43.5 Å². The van der Waals surface area contributed by atoms with Gasteiger partial charge in [0, 0.05) is 36.1 Å². The van der Waals surface area contributed by atoms with Crippen molar-refractivity contribution in [1.29, 1.82) is 0 Å². The Morgan fingerprint density at radius 1 is 1.10 bits per heavy atom. The minimum Gasteiger partial charge on any atom is -0.459 e. The van der Waals surface area contributed by atoms with Crippen LogP contribution in [0.5, 0.6) is 0 Å². The van der Waals surface area contributed by atoms with Gasteiger partial charge in [-0.15, -0.1) is 0 Å². The van der Waals surface area contributed by atoms with Crippen molar-refractivity contribution in [3.63, 3.8) is 0 Å². The number of carbonyl (C=O) groups is 1. The summed E-state index contributed by atoms with van der Waals surface area (Å²) >= 11 is 0. The standard InChI is InChI=1S/C23H25FN2O3/c1-16-19-7-2-3-8-20(19)29-21(16)14-25-22(27)26-15-23(9-11-28-12-10-23)17-5-4-6-18(24)13-17/h2-8,13H,9-12,14-15H2,1H3,(H2,25,26,27). The number of fused-ring (bicyclic) bond motifs is 1. The van der Waals surface area contributed by atoms with Crippen LogP contribution in [-0.2, 0) is 16.7 Å². The zero-order valence-corrected chi connectivity index (χ0v) is 16.5. The topological polar surface area (TPSA) is 63.5 Å². The molecule has 1 aliphatic heterocycles. The number of ether oxygens (including phenoxy) is 1. The van der Waals surface area contributed by atoms with Crippen LogP contribution in [0.4, 0.5) is 9.18 Å². The third-order valence-corrected chi connectivity index (χ3v) is 5.83. The average molecular weight is 396 g/mol. The van der Waals surface area contributed by atoms with E-state index < -0.39 is 0 Å². The highest BCUT2D eigenvalue weighted by Gasteiger charge is 2.35. The monoisotopic (exact) mass is 396 g/mol. The lowest BCUT2D eigenvalue weighted by atomic mass is 9.74.